The predicted octanol–water partition coefficient (Wildman–Crippen LogP) is 2.04. The van der Waals surface area contributed by atoms with E-state index >= 15 is 0 Å². The van der Waals surface area contributed by atoms with Crippen molar-refractivity contribution in [2.45, 2.75) is 46.5 Å². The zero-order chi connectivity index (χ0) is 13.6. The first-order chi connectivity index (χ1) is 8.28. The van der Waals surface area contributed by atoms with E-state index in [1.807, 2.05) is 13.8 Å². The third-order valence-corrected chi connectivity index (χ3v) is 4.88. The smallest absolute Gasteiger partial charge is 0.307 e. The Hall–Kier alpha value is -1.06. The standard InChI is InChI=1S/C14H23NO3/c1-13(2)9(10(13)12(17)18)11(16)15-8-14(3)6-4-5-7-14/h9-10H,4-8H2,1-3H3,(H,15,16)(H,17,18)/t9-,10+/m1/s1. The van der Waals surface area contributed by atoms with Crippen molar-refractivity contribution >= 4 is 11.9 Å². The van der Waals surface area contributed by atoms with Gasteiger partial charge in [-0.1, -0.05) is 33.6 Å². The molecular weight excluding hydrogens is 230 g/mol. The van der Waals surface area contributed by atoms with Gasteiger partial charge in [0.15, 0.2) is 0 Å². The molecule has 2 fully saturated rings. The van der Waals surface area contributed by atoms with E-state index < -0.39 is 17.3 Å². The van der Waals surface area contributed by atoms with E-state index in [0.717, 1.165) is 12.8 Å². The van der Waals surface area contributed by atoms with Gasteiger partial charge in [-0.2, -0.15) is 0 Å². The summed E-state index contributed by atoms with van der Waals surface area (Å²) in [4.78, 5) is 23.1. The highest BCUT2D eigenvalue weighted by molar-refractivity contribution is 5.91. The number of carboxylic acids is 1. The first-order valence-corrected chi connectivity index (χ1v) is 6.78. The van der Waals surface area contributed by atoms with Gasteiger partial charge in [0.25, 0.3) is 0 Å². The van der Waals surface area contributed by atoms with Crippen LogP contribution in [0.15, 0.2) is 0 Å². The molecule has 0 radical (unpaired) electrons. The first kappa shape index (κ1) is 13.4. The van der Waals surface area contributed by atoms with Gasteiger partial charge < -0.3 is 10.4 Å². The second-order valence-corrected chi connectivity index (χ2v) is 6.85. The van der Waals surface area contributed by atoms with Crippen LogP contribution < -0.4 is 5.32 Å². The molecule has 4 nitrogen and oxygen atoms in total. The van der Waals surface area contributed by atoms with E-state index in [0.29, 0.717) is 6.54 Å². The minimum absolute atomic E-state index is 0.0828. The molecule has 0 aromatic carbocycles. The van der Waals surface area contributed by atoms with Crippen molar-refractivity contribution in [1.82, 2.24) is 5.32 Å². The molecule has 2 saturated carbocycles. The summed E-state index contributed by atoms with van der Waals surface area (Å²) in [7, 11) is 0. The van der Waals surface area contributed by atoms with Crippen LogP contribution in [0.3, 0.4) is 0 Å². The number of carbonyl (C=O) groups excluding carboxylic acids is 1. The van der Waals surface area contributed by atoms with Crippen LogP contribution >= 0.6 is 0 Å². The summed E-state index contributed by atoms with van der Waals surface area (Å²) >= 11 is 0. The third kappa shape index (κ3) is 2.25. The van der Waals surface area contributed by atoms with Crippen molar-refractivity contribution in [2.75, 3.05) is 6.54 Å². The Morgan fingerprint density at radius 3 is 2.17 bits per heavy atom. The van der Waals surface area contributed by atoms with Gasteiger partial charge in [0, 0.05) is 6.54 Å². The van der Waals surface area contributed by atoms with E-state index in [1.54, 1.807) is 0 Å². The van der Waals surface area contributed by atoms with Crippen LogP contribution in [0.2, 0.25) is 0 Å². The fraction of sp³-hybridized carbons (Fsp3) is 0.857. The molecule has 0 aromatic rings. The van der Waals surface area contributed by atoms with Crippen LogP contribution in [0.25, 0.3) is 0 Å². The fourth-order valence-corrected chi connectivity index (χ4v) is 3.40. The third-order valence-electron chi connectivity index (χ3n) is 4.88. The molecule has 0 heterocycles. The lowest BCUT2D eigenvalue weighted by molar-refractivity contribution is -0.140. The number of hydrogen-bond acceptors (Lipinski definition) is 2. The Morgan fingerprint density at radius 2 is 1.72 bits per heavy atom. The van der Waals surface area contributed by atoms with E-state index in [4.69, 9.17) is 5.11 Å². The maximum atomic E-state index is 12.1. The predicted molar refractivity (Wildman–Crippen MR) is 68.0 cm³/mol. The Morgan fingerprint density at radius 1 is 1.17 bits per heavy atom. The molecule has 0 aromatic heterocycles. The minimum atomic E-state index is -0.854. The molecule has 0 bridgehead atoms. The molecule has 2 aliphatic rings. The Balaban J connectivity index is 1.88. The maximum absolute atomic E-state index is 12.1. The number of rotatable bonds is 4. The zero-order valence-corrected chi connectivity index (χ0v) is 11.5. The van der Waals surface area contributed by atoms with Gasteiger partial charge in [-0.3, -0.25) is 9.59 Å². The molecule has 4 heteroatoms. The average Bonchev–Trinajstić information content (AvgIpc) is 2.64. The summed E-state index contributed by atoms with van der Waals surface area (Å²) in [5.41, 5.74) is -0.181. The summed E-state index contributed by atoms with van der Waals surface area (Å²) in [5.74, 6) is -1.82. The van der Waals surface area contributed by atoms with Gasteiger partial charge in [0.1, 0.15) is 0 Å². The molecule has 0 saturated heterocycles. The molecule has 0 spiro atoms. The van der Waals surface area contributed by atoms with Crippen molar-refractivity contribution in [1.29, 1.82) is 0 Å². The van der Waals surface area contributed by atoms with Crippen molar-refractivity contribution in [2.24, 2.45) is 22.7 Å². The molecule has 2 rings (SSSR count). The van der Waals surface area contributed by atoms with Crippen molar-refractivity contribution in [3.8, 4) is 0 Å². The number of amides is 1. The van der Waals surface area contributed by atoms with Crippen molar-refractivity contribution < 1.29 is 14.7 Å². The number of carbonyl (C=O) groups is 2. The monoisotopic (exact) mass is 253 g/mol. The molecule has 102 valence electrons. The Kier molecular flexibility index (Phi) is 3.16. The lowest BCUT2D eigenvalue weighted by atomic mass is 9.89. The molecule has 0 aliphatic heterocycles. The minimum Gasteiger partial charge on any atom is -0.481 e. The normalized spacial score (nSPS) is 31.9. The van der Waals surface area contributed by atoms with E-state index in [9.17, 15) is 9.59 Å². The Labute approximate surface area is 108 Å². The van der Waals surface area contributed by atoms with Gasteiger partial charge in [-0.05, 0) is 23.7 Å². The molecule has 0 unspecified atom stereocenters. The van der Waals surface area contributed by atoms with Crippen LogP contribution in [0.1, 0.15) is 46.5 Å². The van der Waals surface area contributed by atoms with Crippen LogP contribution in [0.5, 0.6) is 0 Å². The highest BCUT2D eigenvalue weighted by Gasteiger charge is 2.65. The number of carboxylic acid groups (broad SMARTS) is 1. The van der Waals surface area contributed by atoms with Gasteiger partial charge in [0.2, 0.25) is 5.91 Å². The number of hydrogen-bond donors (Lipinski definition) is 2. The van der Waals surface area contributed by atoms with Crippen molar-refractivity contribution in [3.05, 3.63) is 0 Å². The maximum Gasteiger partial charge on any atom is 0.307 e. The van der Waals surface area contributed by atoms with Crippen molar-refractivity contribution in [3.63, 3.8) is 0 Å². The van der Waals surface area contributed by atoms with Gasteiger partial charge in [-0.25, -0.2) is 0 Å². The lowest BCUT2D eigenvalue weighted by Gasteiger charge is -2.23. The molecular formula is C14H23NO3. The van der Waals surface area contributed by atoms with Crippen LogP contribution in [-0.2, 0) is 9.59 Å². The second-order valence-electron chi connectivity index (χ2n) is 6.85. The number of aliphatic carboxylic acids is 1. The molecule has 18 heavy (non-hydrogen) atoms. The zero-order valence-electron chi connectivity index (χ0n) is 11.5. The largest absolute Gasteiger partial charge is 0.481 e. The Bertz CT molecular complexity index is 369. The highest BCUT2D eigenvalue weighted by atomic mass is 16.4. The second kappa shape index (κ2) is 4.25. The van der Waals surface area contributed by atoms with E-state index in [1.165, 1.54) is 12.8 Å². The van der Waals surface area contributed by atoms with Crippen LogP contribution in [-0.4, -0.2) is 23.5 Å². The summed E-state index contributed by atoms with van der Waals surface area (Å²) in [6, 6.07) is 0. The molecule has 2 atom stereocenters. The quantitative estimate of drug-likeness (QED) is 0.805. The average molecular weight is 253 g/mol. The van der Waals surface area contributed by atoms with Gasteiger partial charge >= 0.3 is 5.97 Å². The van der Waals surface area contributed by atoms with Crippen LogP contribution in [0, 0.1) is 22.7 Å². The first-order valence-electron chi connectivity index (χ1n) is 6.78. The molecule has 2 aliphatic carbocycles. The summed E-state index contributed by atoms with van der Waals surface area (Å²) in [6.45, 7) is 6.60. The summed E-state index contributed by atoms with van der Waals surface area (Å²) in [6.07, 6.45) is 4.78. The van der Waals surface area contributed by atoms with E-state index in [-0.39, 0.29) is 17.2 Å². The summed E-state index contributed by atoms with van der Waals surface area (Å²) < 4.78 is 0. The van der Waals surface area contributed by atoms with Gasteiger partial charge in [-0.15, -0.1) is 0 Å². The highest BCUT2D eigenvalue weighted by Crippen LogP contribution is 2.58. The van der Waals surface area contributed by atoms with Crippen LogP contribution in [0.4, 0.5) is 0 Å². The lowest BCUT2D eigenvalue weighted by Crippen LogP contribution is -2.36. The SMILES string of the molecule is CC1(CNC(=O)[C@H]2[C@@H](C(=O)O)C2(C)C)CCCC1. The molecule has 1 amide bonds. The fourth-order valence-electron chi connectivity index (χ4n) is 3.40. The van der Waals surface area contributed by atoms with E-state index in [2.05, 4.69) is 12.2 Å². The molecule has 2 N–H and O–H groups in total. The number of nitrogens with one attached hydrogen (secondary N) is 1. The van der Waals surface area contributed by atoms with Gasteiger partial charge in [0.05, 0.1) is 11.8 Å². The summed E-state index contributed by atoms with van der Waals surface area (Å²) in [5, 5.41) is 12.0. The topological polar surface area (TPSA) is 66.4 Å².